The maximum Gasteiger partial charge on any atom is 0.331 e. The maximum absolute atomic E-state index is 12.2. The van der Waals surface area contributed by atoms with E-state index in [2.05, 4.69) is 0 Å². The van der Waals surface area contributed by atoms with Crippen LogP contribution in [0, 0.1) is 0 Å². The van der Waals surface area contributed by atoms with Gasteiger partial charge in [0, 0.05) is 19.2 Å². The van der Waals surface area contributed by atoms with E-state index in [0.717, 1.165) is 25.9 Å². The zero-order valence-corrected chi connectivity index (χ0v) is 16.9. The minimum atomic E-state index is -0.805. The van der Waals surface area contributed by atoms with E-state index in [1.165, 1.54) is 13.2 Å². The largest absolute Gasteiger partial charge is 0.493 e. The van der Waals surface area contributed by atoms with Crippen LogP contribution in [-0.2, 0) is 14.3 Å². The lowest BCUT2D eigenvalue weighted by molar-refractivity contribution is -0.154. The lowest BCUT2D eigenvalue weighted by Crippen LogP contribution is -2.37. The summed E-state index contributed by atoms with van der Waals surface area (Å²) in [6.45, 7) is 6.82. The fourth-order valence-corrected chi connectivity index (χ4v) is 3.07. The number of esters is 1. The second-order valence-electron chi connectivity index (χ2n) is 6.65. The molecule has 0 aliphatic carbocycles. The van der Waals surface area contributed by atoms with Gasteiger partial charge in [-0.05, 0) is 57.4 Å². The van der Waals surface area contributed by atoms with E-state index >= 15 is 0 Å². The second kappa shape index (κ2) is 9.65. The molecule has 0 N–H and O–H groups in total. The van der Waals surface area contributed by atoms with Crippen LogP contribution in [0.1, 0.15) is 39.2 Å². The van der Waals surface area contributed by atoms with E-state index in [-0.39, 0.29) is 12.0 Å². The van der Waals surface area contributed by atoms with Gasteiger partial charge in [0.25, 0.3) is 5.91 Å². The molecule has 6 nitrogen and oxygen atoms in total. The third-order valence-corrected chi connectivity index (χ3v) is 4.36. The smallest absolute Gasteiger partial charge is 0.331 e. The van der Waals surface area contributed by atoms with Gasteiger partial charge in [0.2, 0.25) is 0 Å². The normalized spacial score (nSPS) is 15.3. The predicted molar refractivity (Wildman–Crippen MR) is 104 cm³/mol. The van der Waals surface area contributed by atoms with E-state index < -0.39 is 12.1 Å². The Morgan fingerprint density at radius 3 is 2.44 bits per heavy atom. The number of amides is 1. The van der Waals surface area contributed by atoms with Gasteiger partial charge in [0.05, 0.1) is 18.2 Å². The Morgan fingerprint density at radius 2 is 1.85 bits per heavy atom. The van der Waals surface area contributed by atoms with Crippen LogP contribution in [-0.4, -0.2) is 49.2 Å². The number of carbonyl (C=O) groups excluding carboxylic acids is 2. The zero-order chi connectivity index (χ0) is 20.0. The Labute approximate surface area is 165 Å². The van der Waals surface area contributed by atoms with Gasteiger partial charge in [0.1, 0.15) is 0 Å². The van der Waals surface area contributed by atoms with Crippen LogP contribution >= 0.6 is 11.6 Å². The maximum atomic E-state index is 12.2. The van der Waals surface area contributed by atoms with Gasteiger partial charge >= 0.3 is 5.97 Å². The summed E-state index contributed by atoms with van der Waals surface area (Å²) in [4.78, 5) is 25.9. The molecule has 1 heterocycles. The molecule has 0 bridgehead atoms. The van der Waals surface area contributed by atoms with Gasteiger partial charge in [0.15, 0.2) is 17.6 Å². The third kappa shape index (κ3) is 5.89. The summed E-state index contributed by atoms with van der Waals surface area (Å²) in [7, 11) is 1.52. The molecule has 0 radical (unpaired) electrons. The summed E-state index contributed by atoms with van der Waals surface area (Å²) < 4.78 is 16.2. The van der Waals surface area contributed by atoms with E-state index in [0.29, 0.717) is 22.1 Å². The number of hydrogen-bond donors (Lipinski definition) is 0. The minimum absolute atomic E-state index is 0.0533. The summed E-state index contributed by atoms with van der Waals surface area (Å²) in [5, 5.41) is 0.383. The molecule has 1 atom stereocenters. The van der Waals surface area contributed by atoms with Crippen LogP contribution < -0.4 is 9.47 Å². The molecule has 1 aromatic rings. The zero-order valence-electron chi connectivity index (χ0n) is 16.2. The highest BCUT2D eigenvalue weighted by atomic mass is 35.5. The summed E-state index contributed by atoms with van der Waals surface area (Å²) in [5.41, 5.74) is 0.656. The van der Waals surface area contributed by atoms with E-state index in [9.17, 15) is 9.59 Å². The first-order chi connectivity index (χ1) is 12.8. The fourth-order valence-electron chi connectivity index (χ4n) is 2.81. The highest BCUT2D eigenvalue weighted by Crippen LogP contribution is 2.37. The Hall–Kier alpha value is -2.21. The van der Waals surface area contributed by atoms with Gasteiger partial charge in [-0.3, -0.25) is 4.79 Å². The summed E-state index contributed by atoms with van der Waals surface area (Å²) in [6, 6.07) is 3.39. The van der Waals surface area contributed by atoms with Crippen molar-refractivity contribution in [3.63, 3.8) is 0 Å². The number of rotatable bonds is 7. The SMILES string of the molecule is COc1cc(/C=C/C(=O)O[C@H](C)C(=O)N2CCCC2)cc(Cl)c1OC(C)C. The highest BCUT2D eigenvalue weighted by Gasteiger charge is 2.25. The van der Waals surface area contributed by atoms with Gasteiger partial charge in [-0.15, -0.1) is 0 Å². The average molecular weight is 396 g/mol. The van der Waals surface area contributed by atoms with E-state index in [1.54, 1.807) is 30.0 Å². The van der Waals surface area contributed by atoms with Crippen molar-refractivity contribution in [1.29, 1.82) is 0 Å². The first kappa shape index (κ1) is 21.1. The Morgan fingerprint density at radius 1 is 1.19 bits per heavy atom. The molecule has 0 unspecified atom stereocenters. The highest BCUT2D eigenvalue weighted by molar-refractivity contribution is 6.32. The van der Waals surface area contributed by atoms with Crippen LogP contribution in [0.5, 0.6) is 11.5 Å². The molecule has 27 heavy (non-hydrogen) atoms. The monoisotopic (exact) mass is 395 g/mol. The van der Waals surface area contributed by atoms with Crippen LogP contribution in [0.2, 0.25) is 5.02 Å². The third-order valence-electron chi connectivity index (χ3n) is 4.08. The summed E-state index contributed by atoms with van der Waals surface area (Å²) in [5.74, 6) is 0.183. The van der Waals surface area contributed by atoms with Crippen molar-refractivity contribution in [3.05, 3.63) is 28.8 Å². The van der Waals surface area contributed by atoms with Crippen molar-refractivity contribution in [1.82, 2.24) is 4.90 Å². The van der Waals surface area contributed by atoms with Crippen LogP contribution in [0.4, 0.5) is 0 Å². The number of carbonyl (C=O) groups is 2. The first-order valence-corrected chi connectivity index (χ1v) is 9.41. The lowest BCUT2D eigenvalue weighted by Gasteiger charge is -2.19. The second-order valence-corrected chi connectivity index (χ2v) is 7.05. The first-order valence-electron chi connectivity index (χ1n) is 9.03. The molecular formula is C20H26ClNO5. The van der Waals surface area contributed by atoms with Crippen molar-refractivity contribution in [2.24, 2.45) is 0 Å². The number of likely N-dealkylation sites (tertiary alicyclic amines) is 1. The van der Waals surface area contributed by atoms with Crippen LogP contribution in [0.25, 0.3) is 6.08 Å². The number of halogens is 1. The molecule has 1 saturated heterocycles. The molecule has 0 aromatic heterocycles. The van der Waals surface area contributed by atoms with E-state index in [4.69, 9.17) is 25.8 Å². The van der Waals surface area contributed by atoms with Gasteiger partial charge in [-0.2, -0.15) is 0 Å². The predicted octanol–water partition coefficient (Wildman–Crippen LogP) is 3.70. The minimum Gasteiger partial charge on any atom is -0.493 e. The average Bonchev–Trinajstić information content (AvgIpc) is 3.15. The van der Waals surface area contributed by atoms with Crippen LogP contribution in [0.15, 0.2) is 18.2 Å². The van der Waals surface area contributed by atoms with Crippen LogP contribution in [0.3, 0.4) is 0 Å². The molecule has 0 spiro atoms. The molecule has 0 saturated carbocycles. The number of hydrogen-bond acceptors (Lipinski definition) is 5. The van der Waals surface area contributed by atoms with Crippen molar-refractivity contribution < 1.29 is 23.8 Å². The van der Waals surface area contributed by atoms with Gasteiger partial charge < -0.3 is 19.1 Å². The number of nitrogens with zero attached hydrogens (tertiary/aromatic N) is 1. The Balaban J connectivity index is 2.02. The standard InChI is InChI=1S/C20H26ClNO5/c1-13(2)26-19-16(21)11-15(12-17(19)25-4)7-8-18(23)27-14(3)20(24)22-9-5-6-10-22/h7-8,11-14H,5-6,9-10H2,1-4H3/b8-7+/t14-/m1/s1. The molecule has 2 rings (SSSR count). The molecule has 7 heteroatoms. The van der Waals surface area contributed by atoms with E-state index in [1.807, 2.05) is 13.8 Å². The molecular weight excluding hydrogens is 370 g/mol. The molecule has 1 aromatic carbocycles. The molecule has 1 aliphatic heterocycles. The van der Waals surface area contributed by atoms with Crippen molar-refractivity contribution >= 4 is 29.6 Å². The molecule has 148 valence electrons. The quantitative estimate of drug-likeness (QED) is 0.520. The van der Waals surface area contributed by atoms with Crippen molar-refractivity contribution in [2.45, 2.75) is 45.8 Å². The molecule has 1 amide bonds. The lowest BCUT2D eigenvalue weighted by atomic mass is 10.2. The van der Waals surface area contributed by atoms with Gasteiger partial charge in [-0.1, -0.05) is 11.6 Å². The Kier molecular flexibility index (Phi) is 7.54. The Bertz CT molecular complexity index is 711. The number of benzene rings is 1. The molecule has 1 fully saturated rings. The number of ether oxygens (including phenoxy) is 3. The van der Waals surface area contributed by atoms with Gasteiger partial charge in [-0.25, -0.2) is 4.79 Å². The summed E-state index contributed by atoms with van der Waals surface area (Å²) in [6.07, 6.45) is 3.95. The molecule has 1 aliphatic rings. The van der Waals surface area contributed by atoms with Crippen molar-refractivity contribution in [2.75, 3.05) is 20.2 Å². The summed E-state index contributed by atoms with van der Waals surface area (Å²) >= 11 is 6.27. The topological polar surface area (TPSA) is 65.1 Å². The number of methoxy groups -OCH3 is 1. The van der Waals surface area contributed by atoms with Crippen molar-refractivity contribution in [3.8, 4) is 11.5 Å². The fraction of sp³-hybridized carbons (Fsp3) is 0.500.